The molecule has 2 saturated heterocycles. The van der Waals surface area contributed by atoms with E-state index in [-0.39, 0.29) is 5.56 Å². The molecule has 2 fully saturated rings. The summed E-state index contributed by atoms with van der Waals surface area (Å²) in [6.07, 6.45) is 2.29. The largest absolute Gasteiger partial charge is 0.379 e. The normalized spacial score (nSPS) is 20.6. The summed E-state index contributed by atoms with van der Waals surface area (Å²) in [6, 6.07) is 7.52. The van der Waals surface area contributed by atoms with Gasteiger partial charge < -0.3 is 9.64 Å². The van der Waals surface area contributed by atoms with Gasteiger partial charge >= 0.3 is 0 Å². The van der Waals surface area contributed by atoms with E-state index in [4.69, 9.17) is 4.74 Å². The molecule has 6 nitrogen and oxygen atoms in total. The van der Waals surface area contributed by atoms with Crippen LogP contribution in [-0.4, -0.2) is 60.8 Å². The SMILES string of the molecule is O=c1[nH]c(N2CCC(CN3CCOCC3)CC2)nc2ccccc12. The molecule has 1 aromatic heterocycles. The monoisotopic (exact) mass is 328 g/mol. The quantitative estimate of drug-likeness (QED) is 0.924. The van der Waals surface area contributed by atoms with E-state index in [1.807, 2.05) is 24.3 Å². The van der Waals surface area contributed by atoms with Crippen molar-refractivity contribution in [3.8, 4) is 0 Å². The molecule has 4 rings (SSSR count). The second kappa shape index (κ2) is 6.91. The van der Waals surface area contributed by atoms with E-state index < -0.39 is 0 Å². The number of fused-ring (bicyclic) bond motifs is 1. The van der Waals surface area contributed by atoms with Gasteiger partial charge in [-0.2, -0.15) is 0 Å². The van der Waals surface area contributed by atoms with Crippen LogP contribution in [0.2, 0.25) is 0 Å². The molecule has 2 aliphatic rings. The summed E-state index contributed by atoms with van der Waals surface area (Å²) in [4.78, 5) is 24.5. The van der Waals surface area contributed by atoms with Crippen LogP contribution in [0, 0.1) is 5.92 Å². The molecule has 0 aliphatic carbocycles. The molecule has 0 spiro atoms. The van der Waals surface area contributed by atoms with E-state index in [0.717, 1.165) is 63.7 Å². The highest BCUT2D eigenvalue weighted by molar-refractivity contribution is 5.78. The van der Waals surface area contributed by atoms with E-state index in [1.165, 1.54) is 6.54 Å². The summed E-state index contributed by atoms with van der Waals surface area (Å²) < 4.78 is 5.42. The fourth-order valence-corrected chi connectivity index (χ4v) is 3.70. The van der Waals surface area contributed by atoms with Crippen molar-refractivity contribution >= 4 is 16.9 Å². The second-order valence-electron chi connectivity index (χ2n) is 6.75. The molecule has 2 aliphatic heterocycles. The van der Waals surface area contributed by atoms with Crippen molar-refractivity contribution in [1.29, 1.82) is 0 Å². The predicted molar refractivity (Wildman–Crippen MR) is 94.6 cm³/mol. The Kier molecular flexibility index (Phi) is 4.49. The van der Waals surface area contributed by atoms with Crippen molar-refractivity contribution < 1.29 is 4.74 Å². The van der Waals surface area contributed by atoms with Crippen molar-refractivity contribution in [2.24, 2.45) is 5.92 Å². The van der Waals surface area contributed by atoms with Crippen LogP contribution in [-0.2, 0) is 4.74 Å². The number of ether oxygens (including phenoxy) is 1. The Morgan fingerprint density at radius 2 is 1.88 bits per heavy atom. The number of H-pyrrole nitrogens is 1. The van der Waals surface area contributed by atoms with Gasteiger partial charge in [0.25, 0.3) is 5.56 Å². The smallest absolute Gasteiger partial charge is 0.260 e. The zero-order valence-corrected chi connectivity index (χ0v) is 13.9. The van der Waals surface area contributed by atoms with Gasteiger partial charge in [-0.05, 0) is 30.9 Å². The Morgan fingerprint density at radius 3 is 2.67 bits per heavy atom. The van der Waals surface area contributed by atoms with Crippen LogP contribution >= 0.6 is 0 Å². The highest BCUT2D eigenvalue weighted by atomic mass is 16.5. The summed E-state index contributed by atoms with van der Waals surface area (Å²) in [6.45, 7) is 6.91. The average Bonchev–Trinajstić information content (AvgIpc) is 2.63. The molecular formula is C18H24N4O2. The Labute approximate surface area is 141 Å². The van der Waals surface area contributed by atoms with E-state index in [9.17, 15) is 4.79 Å². The first-order chi connectivity index (χ1) is 11.8. The first-order valence-corrected chi connectivity index (χ1v) is 8.84. The van der Waals surface area contributed by atoms with Crippen LogP contribution in [0.25, 0.3) is 10.9 Å². The van der Waals surface area contributed by atoms with E-state index in [0.29, 0.717) is 11.3 Å². The molecule has 0 atom stereocenters. The third-order valence-corrected chi connectivity index (χ3v) is 5.13. The third-order valence-electron chi connectivity index (χ3n) is 5.13. The van der Waals surface area contributed by atoms with Gasteiger partial charge in [0.15, 0.2) is 0 Å². The highest BCUT2D eigenvalue weighted by Crippen LogP contribution is 2.22. The van der Waals surface area contributed by atoms with Gasteiger partial charge in [0.1, 0.15) is 0 Å². The van der Waals surface area contributed by atoms with Gasteiger partial charge in [0.2, 0.25) is 5.95 Å². The number of aromatic amines is 1. The van der Waals surface area contributed by atoms with Crippen LogP contribution in [0.5, 0.6) is 0 Å². The number of rotatable bonds is 3. The number of anilines is 1. The molecule has 128 valence electrons. The topological polar surface area (TPSA) is 61.5 Å². The predicted octanol–water partition coefficient (Wildman–Crippen LogP) is 1.47. The number of hydrogen-bond donors (Lipinski definition) is 1. The zero-order chi connectivity index (χ0) is 16.4. The molecular weight excluding hydrogens is 304 g/mol. The number of aromatic nitrogens is 2. The molecule has 0 unspecified atom stereocenters. The van der Waals surface area contributed by atoms with Crippen molar-refractivity contribution in [1.82, 2.24) is 14.9 Å². The van der Waals surface area contributed by atoms with Crippen molar-refractivity contribution in [2.45, 2.75) is 12.8 Å². The molecule has 1 aromatic carbocycles. The maximum Gasteiger partial charge on any atom is 0.260 e. The van der Waals surface area contributed by atoms with Crippen molar-refractivity contribution in [2.75, 3.05) is 50.8 Å². The number of morpholine rings is 1. The first kappa shape index (κ1) is 15.6. The highest BCUT2D eigenvalue weighted by Gasteiger charge is 2.23. The fraction of sp³-hybridized carbons (Fsp3) is 0.556. The Balaban J connectivity index is 1.41. The lowest BCUT2D eigenvalue weighted by Crippen LogP contribution is -2.43. The van der Waals surface area contributed by atoms with Crippen LogP contribution in [0.15, 0.2) is 29.1 Å². The second-order valence-corrected chi connectivity index (χ2v) is 6.75. The van der Waals surface area contributed by atoms with E-state index >= 15 is 0 Å². The number of piperidine rings is 1. The number of benzene rings is 1. The van der Waals surface area contributed by atoms with Gasteiger partial charge in [-0.1, -0.05) is 12.1 Å². The summed E-state index contributed by atoms with van der Waals surface area (Å²) in [5.41, 5.74) is 0.720. The molecule has 24 heavy (non-hydrogen) atoms. The van der Waals surface area contributed by atoms with Crippen LogP contribution < -0.4 is 10.5 Å². The van der Waals surface area contributed by atoms with Crippen LogP contribution in [0.1, 0.15) is 12.8 Å². The van der Waals surface area contributed by atoms with Gasteiger partial charge in [0, 0.05) is 32.7 Å². The molecule has 3 heterocycles. The Bertz CT molecular complexity index is 746. The van der Waals surface area contributed by atoms with Gasteiger partial charge in [0.05, 0.1) is 24.1 Å². The Morgan fingerprint density at radius 1 is 1.12 bits per heavy atom. The number of nitrogens with one attached hydrogen (secondary N) is 1. The molecule has 0 bridgehead atoms. The molecule has 2 aromatic rings. The standard InChI is InChI=1S/C18H24N4O2/c23-17-15-3-1-2-4-16(15)19-18(20-17)22-7-5-14(6-8-22)13-21-9-11-24-12-10-21/h1-4,14H,5-13H2,(H,19,20,23). The summed E-state index contributed by atoms with van der Waals surface area (Å²) in [5.74, 6) is 1.44. The Hall–Kier alpha value is -1.92. The maximum absolute atomic E-state index is 12.2. The first-order valence-electron chi connectivity index (χ1n) is 8.84. The third kappa shape index (κ3) is 3.30. The van der Waals surface area contributed by atoms with Crippen LogP contribution in [0.4, 0.5) is 5.95 Å². The number of para-hydroxylation sites is 1. The van der Waals surface area contributed by atoms with Gasteiger partial charge in [-0.3, -0.25) is 14.7 Å². The lowest BCUT2D eigenvalue weighted by molar-refractivity contribution is 0.0289. The zero-order valence-electron chi connectivity index (χ0n) is 13.9. The summed E-state index contributed by atoms with van der Waals surface area (Å²) in [7, 11) is 0. The van der Waals surface area contributed by atoms with Crippen LogP contribution in [0.3, 0.4) is 0 Å². The van der Waals surface area contributed by atoms with E-state index in [2.05, 4.69) is 19.8 Å². The minimum Gasteiger partial charge on any atom is -0.379 e. The minimum atomic E-state index is -0.0500. The lowest BCUT2D eigenvalue weighted by Gasteiger charge is -2.36. The van der Waals surface area contributed by atoms with Crippen molar-refractivity contribution in [3.63, 3.8) is 0 Å². The fourth-order valence-electron chi connectivity index (χ4n) is 3.70. The minimum absolute atomic E-state index is 0.0500. The van der Waals surface area contributed by atoms with Crippen molar-refractivity contribution in [3.05, 3.63) is 34.6 Å². The molecule has 6 heteroatoms. The average molecular weight is 328 g/mol. The number of hydrogen-bond acceptors (Lipinski definition) is 5. The molecule has 0 amide bonds. The molecule has 0 radical (unpaired) electrons. The summed E-state index contributed by atoms with van der Waals surface area (Å²) >= 11 is 0. The molecule has 1 N–H and O–H groups in total. The lowest BCUT2D eigenvalue weighted by atomic mass is 9.96. The maximum atomic E-state index is 12.2. The van der Waals surface area contributed by atoms with Gasteiger partial charge in [-0.25, -0.2) is 4.98 Å². The number of nitrogens with zero attached hydrogens (tertiary/aromatic N) is 3. The van der Waals surface area contributed by atoms with E-state index in [1.54, 1.807) is 0 Å². The molecule has 0 saturated carbocycles. The van der Waals surface area contributed by atoms with Gasteiger partial charge in [-0.15, -0.1) is 0 Å². The summed E-state index contributed by atoms with van der Waals surface area (Å²) in [5, 5.41) is 0.656.